The Bertz CT molecular complexity index is 841. The van der Waals surface area contributed by atoms with E-state index >= 15 is 0 Å². The zero-order chi connectivity index (χ0) is 17.8. The molecule has 0 aliphatic carbocycles. The van der Waals surface area contributed by atoms with Gasteiger partial charge in [-0.3, -0.25) is 4.79 Å². The molecule has 0 saturated carbocycles. The lowest BCUT2D eigenvalue weighted by atomic mass is 10.1. The van der Waals surface area contributed by atoms with Crippen LogP contribution in [0.5, 0.6) is 17.2 Å². The van der Waals surface area contributed by atoms with Crippen molar-refractivity contribution in [3.8, 4) is 17.2 Å². The molecule has 0 spiro atoms. The number of ketones is 1. The minimum absolute atomic E-state index is 0.119. The molecule has 3 rings (SSSR count). The summed E-state index contributed by atoms with van der Waals surface area (Å²) in [5.41, 5.74) is 1.14. The van der Waals surface area contributed by atoms with Crippen molar-refractivity contribution in [1.82, 2.24) is 0 Å². The Morgan fingerprint density at radius 1 is 1.20 bits per heavy atom. The molecule has 1 aliphatic heterocycles. The molecular weight excluding hydrogens is 348 g/mol. The number of fused-ring (bicyclic) bond motifs is 1. The van der Waals surface area contributed by atoms with E-state index in [4.69, 9.17) is 25.8 Å². The molecule has 128 valence electrons. The van der Waals surface area contributed by atoms with Gasteiger partial charge in [-0.25, -0.2) is 0 Å². The zero-order valence-corrected chi connectivity index (χ0v) is 13.6. The van der Waals surface area contributed by atoms with Gasteiger partial charge in [0.2, 0.25) is 6.79 Å². The molecule has 6 nitrogen and oxygen atoms in total. The normalized spacial score (nSPS) is 12.4. The largest absolute Gasteiger partial charge is 0.546 e. The van der Waals surface area contributed by atoms with Gasteiger partial charge in [0.15, 0.2) is 17.3 Å². The standard InChI is InChI=1S/C18H13ClO6/c19-14-7-11(8-16-18(14)25-10-24-16)1-6-15(20)12-2-4-13(5-3-12)23-9-17(21)22/h1-8H,9-10H2,(H,21,22)/p-1/b6-1+. The molecule has 0 fully saturated rings. The molecular formula is C18H12ClO6-. The molecule has 0 unspecified atom stereocenters. The van der Waals surface area contributed by atoms with Crippen LogP contribution in [0.2, 0.25) is 5.02 Å². The lowest BCUT2D eigenvalue weighted by Crippen LogP contribution is -2.28. The predicted octanol–water partition coefficient (Wildman–Crippen LogP) is 2.09. The number of aliphatic carboxylic acids is 1. The van der Waals surface area contributed by atoms with Gasteiger partial charge < -0.3 is 24.1 Å². The maximum atomic E-state index is 12.2. The summed E-state index contributed by atoms with van der Waals surface area (Å²) in [5.74, 6) is -0.163. The van der Waals surface area contributed by atoms with Gasteiger partial charge in [0, 0.05) is 5.56 Å². The average Bonchev–Trinajstić information content (AvgIpc) is 3.07. The maximum absolute atomic E-state index is 12.2. The molecule has 2 aromatic rings. The Balaban J connectivity index is 1.68. The first kappa shape index (κ1) is 16.9. The van der Waals surface area contributed by atoms with Crippen LogP contribution in [0.15, 0.2) is 42.5 Å². The number of hydrogen-bond acceptors (Lipinski definition) is 6. The summed E-state index contributed by atoms with van der Waals surface area (Å²) in [5, 5.41) is 10.8. The number of hydrogen-bond donors (Lipinski definition) is 0. The molecule has 0 radical (unpaired) electrons. The van der Waals surface area contributed by atoms with E-state index in [1.807, 2.05) is 0 Å². The molecule has 7 heteroatoms. The van der Waals surface area contributed by atoms with Crippen molar-refractivity contribution in [2.24, 2.45) is 0 Å². The summed E-state index contributed by atoms with van der Waals surface area (Å²) >= 11 is 6.09. The first-order chi connectivity index (χ1) is 12.0. The van der Waals surface area contributed by atoms with Crippen molar-refractivity contribution >= 4 is 29.4 Å². The van der Waals surface area contributed by atoms with Crippen LogP contribution in [0, 0.1) is 0 Å². The van der Waals surface area contributed by atoms with Crippen LogP contribution in [-0.2, 0) is 4.79 Å². The molecule has 0 atom stereocenters. The van der Waals surface area contributed by atoms with Crippen LogP contribution < -0.4 is 19.3 Å². The Morgan fingerprint density at radius 2 is 1.96 bits per heavy atom. The quantitative estimate of drug-likeness (QED) is 0.580. The average molecular weight is 360 g/mol. The Kier molecular flexibility index (Phi) is 4.90. The fourth-order valence-corrected chi connectivity index (χ4v) is 2.48. The highest BCUT2D eigenvalue weighted by atomic mass is 35.5. The van der Waals surface area contributed by atoms with E-state index in [-0.39, 0.29) is 12.6 Å². The summed E-state index contributed by atoms with van der Waals surface area (Å²) in [6, 6.07) is 9.53. The number of rotatable bonds is 6. The monoisotopic (exact) mass is 359 g/mol. The molecule has 0 bridgehead atoms. The second-order valence-electron chi connectivity index (χ2n) is 5.12. The van der Waals surface area contributed by atoms with Crippen molar-refractivity contribution in [2.75, 3.05) is 13.4 Å². The van der Waals surface area contributed by atoms with Crippen LogP contribution in [0.4, 0.5) is 0 Å². The molecule has 1 heterocycles. The number of carbonyl (C=O) groups is 2. The minimum Gasteiger partial charge on any atom is -0.546 e. The number of ether oxygens (including phenoxy) is 3. The fourth-order valence-electron chi connectivity index (χ4n) is 2.21. The van der Waals surface area contributed by atoms with Crippen LogP contribution in [0.3, 0.4) is 0 Å². The van der Waals surface area contributed by atoms with Gasteiger partial charge in [0.1, 0.15) is 12.4 Å². The van der Waals surface area contributed by atoms with E-state index in [0.29, 0.717) is 33.4 Å². The number of carbonyl (C=O) groups excluding carboxylic acids is 2. The van der Waals surface area contributed by atoms with E-state index in [1.54, 1.807) is 30.3 Å². The van der Waals surface area contributed by atoms with Crippen LogP contribution in [-0.4, -0.2) is 25.2 Å². The maximum Gasteiger partial charge on any atom is 0.231 e. The Morgan fingerprint density at radius 3 is 2.68 bits per heavy atom. The summed E-state index contributed by atoms with van der Waals surface area (Å²) in [6.07, 6.45) is 3.03. The SMILES string of the molecule is O=C([O-])COc1ccc(C(=O)/C=C/c2cc(Cl)c3c(c2)OCO3)cc1. The lowest BCUT2D eigenvalue weighted by Gasteiger charge is -2.06. The van der Waals surface area contributed by atoms with Crippen molar-refractivity contribution in [3.63, 3.8) is 0 Å². The van der Waals surface area contributed by atoms with Crippen molar-refractivity contribution in [2.45, 2.75) is 0 Å². The third-order valence-electron chi connectivity index (χ3n) is 3.37. The van der Waals surface area contributed by atoms with Gasteiger partial charge in [0.25, 0.3) is 0 Å². The highest BCUT2D eigenvalue weighted by molar-refractivity contribution is 6.32. The van der Waals surface area contributed by atoms with E-state index < -0.39 is 12.6 Å². The summed E-state index contributed by atoms with van der Waals surface area (Å²) in [6.45, 7) is -0.425. The molecule has 0 aromatic heterocycles. The third-order valence-corrected chi connectivity index (χ3v) is 3.65. The van der Waals surface area contributed by atoms with Crippen molar-refractivity contribution in [1.29, 1.82) is 0 Å². The Hall–Kier alpha value is -2.99. The lowest BCUT2D eigenvalue weighted by molar-refractivity contribution is -0.307. The van der Waals surface area contributed by atoms with Gasteiger partial charge in [-0.2, -0.15) is 0 Å². The van der Waals surface area contributed by atoms with Gasteiger partial charge in [-0.05, 0) is 48.0 Å². The summed E-state index contributed by atoms with van der Waals surface area (Å²) in [7, 11) is 0. The Labute approximate surface area is 148 Å². The molecule has 0 N–H and O–H groups in total. The zero-order valence-electron chi connectivity index (χ0n) is 12.9. The molecule has 0 saturated heterocycles. The van der Waals surface area contributed by atoms with Gasteiger partial charge in [-0.15, -0.1) is 0 Å². The van der Waals surface area contributed by atoms with Crippen LogP contribution in [0.25, 0.3) is 6.08 Å². The number of halogens is 1. The number of allylic oxidation sites excluding steroid dienone is 1. The summed E-state index contributed by atoms with van der Waals surface area (Å²) in [4.78, 5) is 22.5. The predicted molar refractivity (Wildman–Crippen MR) is 87.9 cm³/mol. The molecule has 1 aliphatic rings. The second kappa shape index (κ2) is 7.27. The number of benzene rings is 2. The molecule has 25 heavy (non-hydrogen) atoms. The smallest absolute Gasteiger partial charge is 0.231 e. The highest BCUT2D eigenvalue weighted by Gasteiger charge is 2.17. The van der Waals surface area contributed by atoms with Crippen LogP contribution in [0.1, 0.15) is 15.9 Å². The number of carboxylic acids is 1. The van der Waals surface area contributed by atoms with Gasteiger partial charge >= 0.3 is 0 Å². The van der Waals surface area contributed by atoms with E-state index in [9.17, 15) is 14.7 Å². The van der Waals surface area contributed by atoms with Crippen molar-refractivity contribution in [3.05, 3.63) is 58.6 Å². The van der Waals surface area contributed by atoms with Crippen LogP contribution >= 0.6 is 11.6 Å². The summed E-state index contributed by atoms with van der Waals surface area (Å²) < 4.78 is 15.5. The second-order valence-corrected chi connectivity index (χ2v) is 5.53. The van der Waals surface area contributed by atoms with E-state index in [1.165, 1.54) is 18.2 Å². The van der Waals surface area contributed by atoms with E-state index in [2.05, 4.69) is 0 Å². The molecule has 2 aromatic carbocycles. The van der Waals surface area contributed by atoms with Gasteiger partial charge in [0.05, 0.1) is 11.0 Å². The highest BCUT2D eigenvalue weighted by Crippen LogP contribution is 2.40. The fraction of sp³-hybridized carbons (Fsp3) is 0.111. The van der Waals surface area contributed by atoms with Crippen molar-refractivity contribution < 1.29 is 28.9 Å². The van der Waals surface area contributed by atoms with E-state index in [0.717, 1.165) is 0 Å². The first-order valence-corrected chi connectivity index (χ1v) is 7.65. The topological polar surface area (TPSA) is 84.9 Å². The first-order valence-electron chi connectivity index (χ1n) is 7.27. The molecule has 0 amide bonds. The number of carboxylic acid groups (broad SMARTS) is 1. The minimum atomic E-state index is -1.31. The van der Waals surface area contributed by atoms with Gasteiger partial charge in [-0.1, -0.05) is 17.7 Å². The third kappa shape index (κ3) is 4.10.